The number of hydrogen-bond acceptors (Lipinski definition) is 4. The van der Waals surface area contributed by atoms with Crippen molar-refractivity contribution in [3.05, 3.63) is 87.2 Å². The monoisotopic (exact) mass is 422 g/mol. The lowest BCUT2D eigenvalue weighted by atomic mass is 10.0. The number of rotatable bonds is 6. The average Bonchev–Trinajstić information content (AvgIpc) is 3.31. The zero-order valence-corrected chi connectivity index (χ0v) is 17.8. The third-order valence-corrected chi connectivity index (χ3v) is 5.86. The Morgan fingerprint density at radius 2 is 1.87 bits per heavy atom. The molecule has 2 aromatic carbocycles. The summed E-state index contributed by atoms with van der Waals surface area (Å²) in [7, 11) is 0. The Morgan fingerprint density at radius 3 is 2.63 bits per heavy atom. The number of benzene rings is 2. The van der Waals surface area contributed by atoms with Crippen molar-refractivity contribution in [1.29, 1.82) is 0 Å². The van der Waals surface area contributed by atoms with Gasteiger partial charge in [-0.15, -0.1) is 0 Å². The molecule has 0 spiro atoms. The lowest BCUT2D eigenvalue weighted by Gasteiger charge is -2.13. The minimum atomic E-state index is -0.912. The van der Waals surface area contributed by atoms with Crippen LogP contribution in [0, 0.1) is 6.92 Å². The van der Waals surface area contributed by atoms with Gasteiger partial charge in [0, 0.05) is 5.56 Å². The van der Waals surface area contributed by atoms with Crippen LogP contribution in [0.5, 0.6) is 0 Å². The maximum absolute atomic E-state index is 12.8. The van der Waals surface area contributed by atoms with E-state index in [4.69, 9.17) is 16.3 Å². The van der Waals surface area contributed by atoms with Gasteiger partial charge in [0.1, 0.15) is 10.7 Å². The minimum Gasteiger partial charge on any atom is -0.451 e. The van der Waals surface area contributed by atoms with E-state index in [0.29, 0.717) is 17.8 Å². The molecule has 0 aliphatic heterocycles. The third-order valence-electron chi connectivity index (χ3n) is 5.48. The van der Waals surface area contributed by atoms with Gasteiger partial charge >= 0.3 is 5.97 Å². The molecule has 0 radical (unpaired) electrons. The SMILES string of the molecule is Cc1nn(Cc2ccccc2)c(Cl)c1C(=O)O[C@@H](C)C(=O)c1ccc2c(c1)CCC2. The standard InChI is InChI=1S/C24H23ClN2O3/c1-15-21(23(25)27(26-15)14-17-7-4-3-5-8-17)24(29)30-16(2)22(28)20-12-11-18-9-6-10-19(18)13-20/h3-5,7-8,11-13,16H,6,9-10,14H2,1-2H3/t16-/m0/s1. The number of ether oxygens (including phenoxy) is 1. The second-order valence-electron chi connectivity index (χ2n) is 7.64. The number of esters is 1. The molecule has 0 amide bonds. The highest BCUT2D eigenvalue weighted by molar-refractivity contribution is 6.32. The van der Waals surface area contributed by atoms with Crippen molar-refractivity contribution in [3.8, 4) is 0 Å². The van der Waals surface area contributed by atoms with Gasteiger partial charge in [-0.25, -0.2) is 9.48 Å². The van der Waals surface area contributed by atoms with Gasteiger partial charge in [0.05, 0.1) is 12.2 Å². The molecule has 4 rings (SSSR count). The second kappa shape index (κ2) is 8.44. The fourth-order valence-corrected chi connectivity index (χ4v) is 4.19. The number of carbonyl (C=O) groups excluding carboxylic acids is 2. The smallest absolute Gasteiger partial charge is 0.343 e. The Morgan fingerprint density at radius 1 is 1.13 bits per heavy atom. The van der Waals surface area contributed by atoms with Gasteiger partial charge in [0.2, 0.25) is 5.78 Å². The summed E-state index contributed by atoms with van der Waals surface area (Å²) in [5, 5.41) is 4.58. The van der Waals surface area contributed by atoms with Crippen LogP contribution in [0.25, 0.3) is 0 Å². The maximum Gasteiger partial charge on any atom is 0.343 e. The molecule has 1 aliphatic carbocycles. The first kappa shape index (κ1) is 20.4. The van der Waals surface area contributed by atoms with Crippen LogP contribution in [0.3, 0.4) is 0 Å². The van der Waals surface area contributed by atoms with E-state index in [2.05, 4.69) is 5.10 Å². The van der Waals surface area contributed by atoms with Crippen LogP contribution in [0.15, 0.2) is 48.5 Å². The fraction of sp³-hybridized carbons (Fsp3) is 0.292. The highest BCUT2D eigenvalue weighted by atomic mass is 35.5. The van der Waals surface area contributed by atoms with E-state index in [1.165, 1.54) is 11.1 Å². The topological polar surface area (TPSA) is 61.2 Å². The Kier molecular flexibility index (Phi) is 5.73. The van der Waals surface area contributed by atoms with E-state index < -0.39 is 12.1 Å². The van der Waals surface area contributed by atoms with E-state index in [9.17, 15) is 9.59 Å². The molecular formula is C24H23ClN2O3. The van der Waals surface area contributed by atoms with Crippen LogP contribution in [0.2, 0.25) is 5.15 Å². The van der Waals surface area contributed by atoms with E-state index in [1.807, 2.05) is 48.5 Å². The van der Waals surface area contributed by atoms with E-state index in [0.717, 1.165) is 24.8 Å². The largest absolute Gasteiger partial charge is 0.451 e. The van der Waals surface area contributed by atoms with Gasteiger partial charge in [-0.1, -0.05) is 54.1 Å². The Labute approximate surface area is 180 Å². The zero-order valence-electron chi connectivity index (χ0n) is 17.0. The van der Waals surface area contributed by atoms with Gasteiger partial charge in [-0.05, 0) is 55.9 Å². The highest BCUT2D eigenvalue weighted by Gasteiger charge is 2.27. The van der Waals surface area contributed by atoms with E-state index >= 15 is 0 Å². The van der Waals surface area contributed by atoms with Gasteiger partial charge < -0.3 is 4.74 Å². The Hall–Kier alpha value is -2.92. The molecular weight excluding hydrogens is 400 g/mol. The molecule has 1 heterocycles. The summed E-state index contributed by atoms with van der Waals surface area (Å²) in [5.41, 5.74) is 4.75. The summed E-state index contributed by atoms with van der Waals surface area (Å²) >= 11 is 6.43. The molecule has 30 heavy (non-hydrogen) atoms. The maximum atomic E-state index is 12.8. The van der Waals surface area contributed by atoms with Crippen molar-refractivity contribution in [1.82, 2.24) is 9.78 Å². The summed E-state index contributed by atoms with van der Waals surface area (Å²) < 4.78 is 7.04. The molecule has 1 aliphatic rings. The van der Waals surface area contributed by atoms with E-state index in [1.54, 1.807) is 18.5 Å². The molecule has 0 saturated heterocycles. The number of carbonyl (C=O) groups is 2. The third kappa shape index (κ3) is 4.03. The summed E-state index contributed by atoms with van der Waals surface area (Å²) in [6, 6.07) is 15.5. The Balaban J connectivity index is 1.48. The number of Topliss-reactive ketones (excluding diaryl/α,β-unsaturated/α-hetero) is 1. The first-order chi connectivity index (χ1) is 14.4. The lowest BCUT2D eigenvalue weighted by Crippen LogP contribution is -2.25. The van der Waals surface area contributed by atoms with Crippen LogP contribution < -0.4 is 0 Å². The second-order valence-corrected chi connectivity index (χ2v) is 8.00. The van der Waals surface area contributed by atoms with Crippen molar-refractivity contribution in [2.75, 3.05) is 0 Å². The number of hydrogen-bond donors (Lipinski definition) is 0. The van der Waals surface area contributed by atoms with Crippen molar-refractivity contribution in [2.24, 2.45) is 0 Å². The molecule has 0 N–H and O–H groups in total. The molecule has 1 aromatic heterocycles. The molecule has 1 atom stereocenters. The zero-order chi connectivity index (χ0) is 21.3. The van der Waals surface area contributed by atoms with Crippen LogP contribution in [-0.2, 0) is 24.1 Å². The number of aryl methyl sites for hydroxylation is 3. The molecule has 0 bridgehead atoms. The Bertz CT molecular complexity index is 1110. The summed E-state index contributed by atoms with van der Waals surface area (Å²) in [5.74, 6) is -0.859. The molecule has 0 saturated carbocycles. The fourth-order valence-electron chi connectivity index (χ4n) is 3.88. The minimum absolute atomic E-state index is 0.196. The van der Waals surface area contributed by atoms with Crippen molar-refractivity contribution in [2.45, 2.75) is 45.8 Å². The predicted molar refractivity (Wildman–Crippen MR) is 115 cm³/mol. The van der Waals surface area contributed by atoms with Crippen LogP contribution in [0.4, 0.5) is 0 Å². The first-order valence-electron chi connectivity index (χ1n) is 10.1. The molecule has 0 fully saturated rings. The first-order valence-corrected chi connectivity index (χ1v) is 10.5. The van der Waals surface area contributed by atoms with Crippen molar-refractivity contribution >= 4 is 23.4 Å². The number of fused-ring (bicyclic) bond motifs is 1. The van der Waals surface area contributed by atoms with Gasteiger partial charge in [-0.2, -0.15) is 5.10 Å². The average molecular weight is 423 g/mol. The summed E-state index contributed by atoms with van der Waals surface area (Å²) in [6.07, 6.45) is 2.24. The summed E-state index contributed by atoms with van der Waals surface area (Å²) in [4.78, 5) is 25.6. The summed E-state index contributed by atoms with van der Waals surface area (Å²) in [6.45, 7) is 3.74. The quantitative estimate of drug-likeness (QED) is 0.422. The molecule has 3 aromatic rings. The van der Waals surface area contributed by atoms with E-state index in [-0.39, 0.29) is 16.5 Å². The predicted octanol–water partition coefficient (Wildman–Crippen LogP) is 4.81. The number of nitrogens with zero attached hydrogens (tertiary/aromatic N) is 2. The molecule has 154 valence electrons. The van der Waals surface area contributed by atoms with Gasteiger partial charge in [0.15, 0.2) is 6.10 Å². The number of aromatic nitrogens is 2. The number of halogens is 1. The van der Waals surface area contributed by atoms with Crippen LogP contribution in [-0.4, -0.2) is 27.6 Å². The number of ketones is 1. The van der Waals surface area contributed by atoms with Crippen LogP contribution >= 0.6 is 11.6 Å². The van der Waals surface area contributed by atoms with Gasteiger partial charge in [-0.3, -0.25) is 4.79 Å². The van der Waals surface area contributed by atoms with Gasteiger partial charge in [0.25, 0.3) is 0 Å². The lowest BCUT2D eigenvalue weighted by molar-refractivity contribution is 0.0318. The van der Waals surface area contributed by atoms with Crippen molar-refractivity contribution in [3.63, 3.8) is 0 Å². The molecule has 5 nitrogen and oxygen atoms in total. The normalized spacial score (nSPS) is 13.7. The van der Waals surface area contributed by atoms with Crippen LogP contribution in [0.1, 0.15) is 56.4 Å². The molecule has 0 unspecified atom stereocenters. The van der Waals surface area contributed by atoms with Crippen molar-refractivity contribution < 1.29 is 14.3 Å². The highest BCUT2D eigenvalue weighted by Crippen LogP contribution is 2.25. The molecule has 6 heteroatoms.